The van der Waals surface area contributed by atoms with Gasteiger partial charge in [-0.2, -0.15) is 8.78 Å². The van der Waals surface area contributed by atoms with Crippen LogP contribution in [0.3, 0.4) is 0 Å². The van der Waals surface area contributed by atoms with Gasteiger partial charge in [0.25, 0.3) is 0 Å². The maximum absolute atomic E-state index is 15.4. The molecule has 0 spiro atoms. The monoisotopic (exact) mass is 395 g/mol. The lowest BCUT2D eigenvalue weighted by Gasteiger charge is -2.35. The smallest absolute Gasteiger partial charge is 0.323 e. The molecule has 2 aromatic heterocycles. The molecule has 0 fully saturated rings. The first-order valence-corrected chi connectivity index (χ1v) is 7.78. The summed E-state index contributed by atoms with van der Waals surface area (Å²) in [6.45, 7) is 2.40. The summed E-state index contributed by atoms with van der Waals surface area (Å²) in [5.74, 6) is -6.34. The van der Waals surface area contributed by atoms with E-state index in [1.54, 1.807) is 0 Å². The van der Waals surface area contributed by atoms with Crippen LogP contribution in [-0.2, 0) is 18.1 Å². The van der Waals surface area contributed by atoms with Crippen LogP contribution in [0.15, 0.2) is 55.7 Å². The van der Waals surface area contributed by atoms with Crippen molar-refractivity contribution in [3.63, 3.8) is 0 Å². The van der Waals surface area contributed by atoms with E-state index < -0.39 is 41.0 Å². The topological polar surface area (TPSA) is 86.0 Å². The van der Waals surface area contributed by atoms with Gasteiger partial charge >= 0.3 is 5.92 Å². The number of benzene rings is 1. The van der Waals surface area contributed by atoms with Gasteiger partial charge in [-0.05, 0) is 34.7 Å². The van der Waals surface area contributed by atoms with Gasteiger partial charge in [0.2, 0.25) is 0 Å². The van der Waals surface area contributed by atoms with Gasteiger partial charge in [0.1, 0.15) is 29.4 Å². The van der Waals surface area contributed by atoms with Gasteiger partial charge in [-0.15, -0.1) is 5.10 Å². The Hall–Kier alpha value is -3.34. The molecular formula is C17H13F4N5O2. The average molecular weight is 395 g/mol. The van der Waals surface area contributed by atoms with Crippen LogP contribution >= 0.6 is 0 Å². The Morgan fingerprint density at radius 1 is 1.21 bits per heavy atom. The number of tetrazole rings is 1. The second-order valence-corrected chi connectivity index (χ2v) is 5.73. The predicted molar refractivity (Wildman–Crippen MR) is 87.0 cm³/mol. The summed E-state index contributed by atoms with van der Waals surface area (Å²) in [5.41, 5.74) is -4.90. The third-order valence-electron chi connectivity index (χ3n) is 3.96. The molecule has 3 aromatic rings. The van der Waals surface area contributed by atoms with Crippen molar-refractivity contribution in [1.29, 1.82) is 0 Å². The third kappa shape index (κ3) is 3.43. The lowest BCUT2D eigenvalue weighted by Crippen LogP contribution is -2.48. The summed E-state index contributed by atoms with van der Waals surface area (Å²) in [6, 6.07) is 3.97. The van der Waals surface area contributed by atoms with Gasteiger partial charge < -0.3 is 9.84 Å². The Balaban J connectivity index is 2.12. The molecule has 0 aliphatic carbocycles. The molecule has 11 heteroatoms. The molecule has 2 heterocycles. The van der Waals surface area contributed by atoms with Gasteiger partial charge in [0, 0.05) is 11.6 Å². The Bertz CT molecular complexity index is 966. The highest BCUT2D eigenvalue weighted by atomic mass is 19.3. The highest BCUT2D eigenvalue weighted by Gasteiger charge is 2.58. The van der Waals surface area contributed by atoms with Gasteiger partial charge in [-0.3, -0.25) is 4.98 Å². The zero-order valence-corrected chi connectivity index (χ0v) is 14.1. The molecule has 1 aromatic carbocycles. The lowest BCUT2D eigenvalue weighted by atomic mass is 9.84. The summed E-state index contributed by atoms with van der Waals surface area (Å²) in [7, 11) is 0. The molecule has 146 valence electrons. The number of hydrogen-bond donors (Lipinski definition) is 1. The van der Waals surface area contributed by atoms with E-state index in [9.17, 15) is 13.9 Å². The van der Waals surface area contributed by atoms with Crippen molar-refractivity contribution in [1.82, 2.24) is 25.2 Å². The van der Waals surface area contributed by atoms with Crippen LogP contribution < -0.4 is 4.74 Å². The Morgan fingerprint density at radius 2 is 2.00 bits per heavy atom. The third-order valence-corrected chi connectivity index (χ3v) is 3.96. The molecule has 0 aliphatic heterocycles. The number of aliphatic hydroxyl groups is 1. The van der Waals surface area contributed by atoms with Crippen molar-refractivity contribution in [2.75, 3.05) is 0 Å². The molecule has 28 heavy (non-hydrogen) atoms. The molecular weight excluding hydrogens is 382 g/mol. The molecule has 1 atom stereocenters. The zero-order valence-electron chi connectivity index (χ0n) is 14.1. The molecule has 1 unspecified atom stereocenters. The summed E-state index contributed by atoms with van der Waals surface area (Å²) >= 11 is 0. The zero-order chi connectivity index (χ0) is 20.4. The summed E-state index contributed by atoms with van der Waals surface area (Å²) in [6.07, 6.45) is 3.04. The predicted octanol–water partition coefficient (Wildman–Crippen LogP) is 2.55. The highest BCUT2D eigenvalue weighted by Crippen LogP contribution is 2.46. The second-order valence-electron chi connectivity index (χ2n) is 5.73. The van der Waals surface area contributed by atoms with E-state index in [4.69, 9.17) is 4.74 Å². The maximum atomic E-state index is 15.4. The van der Waals surface area contributed by atoms with Crippen LogP contribution in [0, 0.1) is 11.6 Å². The van der Waals surface area contributed by atoms with E-state index in [1.165, 1.54) is 6.07 Å². The molecule has 7 nitrogen and oxygen atoms in total. The van der Waals surface area contributed by atoms with Crippen molar-refractivity contribution in [3.05, 3.63) is 78.6 Å². The van der Waals surface area contributed by atoms with E-state index >= 15 is 8.78 Å². The Morgan fingerprint density at radius 3 is 2.57 bits per heavy atom. The lowest BCUT2D eigenvalue weighted by molar-refractivity contribution is -0.207. The minimum Gasteiger partial charge on any atom is -0.464 e. The fourth-order valence-corrected chi connectivity index (χ4v) is 2.61. The number of ether oxygens (including phenoxy) is 1. The van der Waals surface area contributed by atoms with Crippen LogP contribution in [0.5, 0.6) is 5.75 Å². The second kappa shape index (κ2) is 7.35. The van der Waals surface area contributed by atoms with E-state index in [0.29, 0.717) is 6.07 Å². The fourth-order valence-electron chi connectivity index (χ4n) is 2.61. The number of rotatable bonds is 7. The quantitative estimate of drug-likeness (QED) is 0.489. The molecule has 0 radical (unpaired) electrons. The standard InChI is InChI=1S/C17H13F4N5O2/c1-2-28-12-4-6-15(22-8-12)17(20,21)16(27,9-26-10-23-24-25-26)13-5-3-11(18)7-14(13)19/h2-8,10,27H,1,9H2. The van der Waals surface area contributed by atoms with Crippen molar-refractivity contribution in [2.24, 2.45) is 0 Å². The molecule has 0 amide bonds. The molecule has 0 aliphatic rings. The number of aromatic nitrogens is 5. The first kappa shape index (κ1) is 19.4. The van der Waals surface area contributed by atoms with E-state index in [0.717, 1.165) is 41.7 Å². The summed E-state index contributed by atoms with van der Waals surface area (Å²) in [4.78, 5) is 3.60. The van der Waals surface area contributed by atoms with Crippen LogP contribution in [0.4, 0.5) is 17.6 Å². The van der Waals surface area contributed by atoms with Gasteiger partial charge in [-0.25, -0.2) is 13.5 Å². The van der Waals surface area contributed by atoms with Crippen molar-refractivity contribution in [2.45, 2.75) is 18.1 Å². The fraction of sp³-hybridized carbons (Fsp3) is 0.176. The number of halogens is 4. The van der Waals surface area contributed by atoms with E-state index in [2.05, 4.69) is 27.1 Å². The van der Waals surface area contributed by atoms with Crippen molar-refractivity contribution in [3.8, 4) is 5.75 Å². The molecule has 0 bridgehead atoms. The normalized spacial score (nSPS) is 13.8. The van der Waals surface area contributed by atoms with Gasteiger partial charge in [0.05, 0.1) is 19.0 Å². The van der Waals surface area contributed by atoms with Gasteiger partial charge in [-0.1, -0.05) is 6.58 Å². The number of nitrogens with zero attached hydrogens (tertiary/aromatic N) is 5. The molecule has 1 N–H and O–H groups in total. The van der Waals surface area contributed by atoms with Crippen LogP contribution in [0.1, 0.15) is 11.3 Å². The summed E-state index contributed by atoms with van der Waals surface area (Å²) in [5, 5.41) is 21.0. The minimum atomic E-state index is -4.12. The molecule has 0 saturated carbocycles. The first-order chi connectivity index (χ1) is 13.3. The average Bonchev–Trinajstić information content (AvgIpc) is 3.15. The summed E-state index contributed by atoms with van der Waals surface area (Å²) < 4.78 is 64.1. The SMILES string of the molecule is C=COc1ccc(C(F)(F)C(O)(Cn2cnnn2)c2ccc(F)cc2F)nc1. The Labute approximate surface area is 155 Å². The highest BCUT2D eigenvalue weighted by molar-refractivity contribution is 5.32. The molecule has 3 rings (SSSR count). The van der Waals surface area contributed by atoms with Crippen LogP contribution in [0.25, 0.3) is 0 Å². The van der Waals surface area contributed by atoms with E-state index in [1.807, 2.05) is 0 Å². The molecule has 0 saturated heterocycles. The Kier molecular flexibility index (Phi) is 5.10. The van der Waals surface area contributed by atoms with Crippen molar-refractivity contribution >= 4 is 0 Å². The number of pyridine rings is 1. The van der Waals surface area contributed by atoms with Crippen LogP contribution in [0.2, 0.25) is 0 Å². The maximum Gasteiger partial charge on any atom is 0.323 e. The minimum absolute atomic E-state index is 0.131. The van der Waals surface area contributed by atoms with Crippen LogP contribution in [-0.4, -0.2) is 30.3 Å². The first-order valence-electron chi connectivity index (χ1n) is 7.78. The number of alkyl halides is 2. The largest absolute Gasteiger partial charge is 0.464 e. The van der Waals surface area contributed by atoms with E-state index in [-0.39, 0.29) is 5.75 Å². The number of hydrogen-bond acceptors (Lipinski definition) is 6. The van der Waals surface area contributed by atoms with Crippen molar-refractivity contribution < 1.29 is 27.4 Å². The van der Waals surface area contributed by atoms with Gasteiger partial charge in [0.15, 0.2) is 5.60 Å².